The molecule has 0 heterocycles. The molecule has 1 atom stereocenters. The first-order valence-electron chi connectivity index (χ1n) is 8.25. The number of hydrogen-bond donors (Lipinski definition) is 1. The quantitative estimate of drug-likeness (QED) is 0.783. The largest absolute Gasteiger partial charge is 0.496 e. The first kappa shape index (κ1) is 16.2. The molecule has 1 N–H and O–H groups in total. The lowest BCUT2D eigenvalue weighted by Gasteiger charge is -2.33. The normalized spacial score (nSPS) is 16.1. The summed E-state index contributed by atoms with van der Waals surface area (Å²) in [4.78, 5) is 2.54. The van der Waals surface area contributed by atoms with Crippen molar-refractivity contribution in [1.29, 1.82) is 0 Å². The Morgan fingerprint density at radius 3 is 2.52 bits per heavy atom. The zero-order chi connectivity index (χ0) is 15.4. The highest BCUT2D eigenvalue weighted by atomic mass is 16.5. The van der Waals surface area contributed by atoms with Gasteiger partial charge in [-0.1, -0.05) is 13.0 Å². The molecule has 0 radical (unpaired) electrons. The molecule has 2 rings (SSSR count). The summed E-state index contributed by atoms with van der Waals surface area (Å²) in [6, 6.07) is 7.22. The van der Waals surface area contributed by atoms with Crippen LogP contribution in [-0.4, -0.2) is 26.2 Å². The zero-order valence-corrected chi connectivity index (χ0v) is 14.1. The minimum atomic E-state index is 0.293. The molecule has 118 valence electrons. The van der Waals surface area contributed by atoms with Gasteiger partial charge in [-0.3, -0.25) is 0 Å². The topological polar surface area (TPSA) is 24.5 Å². The molecule has 1 saturated carbocycles. The van der Waals surface area contributed by atoms with Gasteiger partial charge >= 0.3 is 0 Å². The van der Waals surface area contributed by atoms with Crippen LogP contribution in [0.25, 0.3) is 0 Å². The third-order valence-corrected chi connectivity index (χ3v) is 4.29. The van der Waals surface area contributed by atoms with E-state index < -0.39 is 0 Å². The summed E-state index contributed by atoms with van der Waals surface area (Å²) >= 11 is 0. The zero-order valence-electron chi connectivity index (χ0n) is 14.1. The third-order valence-electron chi connectivity index (χ3n) is 4.29. The van der Waals surface area contributed by atoms with Gasteiger partial charge in [-0.15, -0.1) is 0 Å². The fraction of sp³-hybridized carbons (Fsp3) is 0.667. The maximum atomic E-state index is 5.64. The van der Waals surface area contributed by atoms with Crippen LogP contribution in [0.2, 0.25) is 0 Å². The van der Waals surface area contributed by atoms with Crippen molar-refractivity contribution in [3.63, 3.8) is 0 Å². The van der Waals surface area contributed by atoms with Crippen molar-refractivity contribution >= 4 is 5.69 Å². The fourth-order valence-electron chi connectivity index (χ4n) is 2.97. The summed E-state index contributed by atoms with van der Waals surface area (Å²) in [5.74, 6) is 1.86. The smallest absolute Gasteiger partial charge is 0.125 e. The molecule has 1 fully saturated rings. The van der Waals surface area contributed by atoms with Crippen molar-refractivity contribution in [2.75, 3.05) is 25.1 Å². The standard InChI is InChI=1S/C18H30N2O/c1-6-19-14(4)18-16(8-7-9-17(18)21-5)20(13(2)3)12-15-10-11-15/h7-9,13-15,19H,6,10-12H2,1-5H3. The molecule has 21 heavy (non-hydrogen) atoms. The molecule has 0 bridgehead atoms. The van der Waals surface area contributed by atoms with Crippen molar-refractivity contribution in [2.24, 2.45) is 5.92 Å². The summed E-state index contributed by atoms with van der Waals surface area (Å²) in [6.07, 6.45) is 2.76. The number of rotatable bonds is 8. The van der Waals surface area contributed by atoms with E-state index >= 15 is 0 Å². The Bertz CT molecular complexity index is 455. The fourth-order valence-corrected chi connectivity index (χ4v) is 2.97. The van der Waals surface area contributed by atoms with Crippen LogP contribution in [-0.2, 0) is 0 Å². The maximum absolute atomic E-state index is 5.64. The summed E-state index contributed by atoms with van der Waals surface area (Å²) in [7, 11) is 1.77. The molecule has 1 aliphatic rings. The molecule has 1 aromatic rings. The van der Waals surface area contributed by atoms with Gasteiger partial charge in [0.15, 0.2) is 0 Å². The first-order chi connectivity index (χ1) is 10.1. The number of nitrogens with one attached hydrogen (secondary N) is 1. The van der Waals surface area contributed by atoms with Crippen molar-refractivity contribution in [3.05, 3.63) is 23.8 Å². The lowest BCUT2D eigenvalue weighted by Crippen LogP contribution is -2.34. The monoisotopic (exact) mass is 290 g/mol. The summed E-state index contributed by atoms with van der Waals surface area (Å²) in [6.45, 7) is 11.1. The average molecular weight is 290 g/mol. The lowest BCUT2D eigenvalue weighted by atomic mass is 10.0. The highest BCUT2D eigenvalue weighted by molar-refractivity contribution is 5.61. The van der Waals surface area contributed by atoms with Crippen LogP contribution in [0.5, 0.6) is 5.75 Å². The van der Waals surface area contributed by atoms with E-state index in [9.17, 15) is 0 Å². The van der Waals surface area contributed by atoms with E-state index in [1.54, 1.807) is 7.11 Å². The van der Waals surface area contributed by atoms with Crippen molar-refractivity contribution in [1.82, 2.24) is 5.32 Å². The molecular formula is C18H30N2O. The Balaban J connectivity index is 2.38. The summed E-state index contributed by atoms with van der Waals surface area (Å²) < 4.78 is 5.64. The number of hydrogen-bond acceptors (Lipinski definition) is 3. The van der Waals surface area contributed by atoms with E-state index in [4.69, 9.17) is 4.74 Å². The summed E-state index contributed by atoms with van der Waals surface area (Å²) in [5, 5.41) is 3.53. The van der Waals surface area contributed by atoms with Gasteiger partial charge in [0.25, 0.3) is 0 Å². The minimum absolute atomic E-state index is 0.293. The predicted octanol–water partition coefficient (Wildman–Crippen LogP) is 3.99. The molecule has 0 saturated heterocycles. The Morgan fingerprint density at radius 2 is 2.00 bits per heavy atom. The van der Waals surface area contributed by atoms with Crippen LogP contribution in [0.15, 0.2) is 18.2 Å². The van der Waals surface area contributed by atoms with E-state index in [-0.39, 0.29) is 0 Å². The van der Waals surface area contributed by atoms with Crippen molar-refractivity contribution in [3.8, 4) is 5.75 Å². The van der Waals surface area contributed by atoms with Crippen LogP contribution < -0.4 is 15.0 Å². The van der Waals surface area contributed by atoms with Gasteiger partial charge in [-0.25, -0.2) is 0 Å². The number of methoxy groups -OCH3 is 1. The van der Waals surface area contributed by atoms with Gasteiger partial charge in [-0.2, -0.15) is 0 Å². The van der Waals surface area contributed by atoms with Gasteiger partial charge in [-0.05, 0) is 58.2 Å². The Hall–Kier alpha value is -1.22. The Kier molecular flexibility index (Phi) is 5.51. The van der Waals surface area contributed by atoms with Crippen molar-refractivity contribution < 1.29 is 4.74 Å². The van der Waals surface area contributed by atoms with Gasteiger partial charge in [0.1, 0.15) is 5.75 Å². The maximum Gasteiger partial charge on any atom is 0.125 e. The molecule has 1 unspecified atom stereocenters. The van der Waals surface area contributed by atoms with Crippen LogP contribution in [0.1, 0.15) is 52.1 Å². The van der Waals surface area contributed by atoms with E-state index in [0.29, 0.717) is 12.1 Å². The molecule has 0 aliphatic heterocycles. The number of ether oxygens (including phenoxy) is 1. The molecule has 1 aromatic carbocycles. The highest BCUT2D eigenvalue weighted by Crippen LogP contribution is 2.38. The van der Waals surface area contributed by atoms with Crippen LogP contribution >= 0.6 is 0 Å². The molecule has 3 nitrogen and oxygen atoms in total. The second kappa shape index (κ2) is 7.17. The minimum Gasteiger partial charge on any atom is -0.496 e. The molecule has 1 aliphatic carbocycles. The summed E-state index contributed by atoms with van der Waals surface area (Å²) in [5.41, 5.74) is 2.61. The van der Waals surface area contributed by atoms with Crippen LogP contribution in [0, 0.1) is 5.92 Å². The Morgan fingerprint density at radius 1 is 1.29 bits per heavy atom. The van der Waals surface area contributed by atoms with E-state index in [1.165, 1.54) is 24.1 Å². The van der Waals surface area contributed by atoms with E-state index in [0.717, 1.165) is 24.8 Å². The first-order valence-corrected chi connectivity index (χ1v) is 8.25. The highest BCUT2D eigenvalue weighted by Gasteiger charge is 2.28. The number of nitrogens with zero attached hydrogens (tertiary/aromatic N) is 1. The van der Waals surface area contributed by atoms with Gasteiger partial charge in [0, 0.05) is 29.9 Å². The molecular weight excluding hydrogens is 260 g/mol. The molecule has 0 spiro atoms. The van der Waals surface area contributed by atoms with E-state index in [1.807, 2.05) is 0 Å². The number of anilines is 1. The molecule has 0 aromatic heterocycles. The second-order valence-electron chi connectivity index (χ2n) is 6.36. The average Bonchev–Trinajstić information content (AvgIpc) is 3.27. The van der Waals surface area contributed by atoms with Crippen LogP contribution in [0.3, 0.4) is 0 Å². The van der Waals surface area contributed by atoms with Gasteiger partial charge in [0.2, 0.25) is 0 Å². The van der Waals surface area contributed by atoms with Gasteiger partial charge < -0.3 is 15.0 Å². The van der Waals surface area contributed by atoms with Crippen molar-refractivity contribution in [2.45, 2.75) is 52.6 Å². The van der Waals surface area contributed by atoms with Gasteiger partial charge in [0.05, 0.1) is 7.11 Å². The van der Waals surface area contributed by atoms with E-state index in [2.05, 4.69) is 56.1 Å². The predicted molar refractivity (Wildman–Crippen MR) is 90.3 cm³/mol. The second-order valence-corrected chi connectivity index (χ2v) is 6.36. The number of benzene rings is 1. The SMILES string of the molecule is CCNC(C)c1c(OC)cccc1N(CC1CC1)C(C)C. The van der Waals surface area contributed by atoms with Crippen LogP contribution in [0.4, 0.5) is 5.69 Å². The lowest BCUT2D eigenvalue weighted by molar-refractivity contribution is 0.402. The third kappa shape index (κ3) is 3.91. The molecule has 3 heteroatoms. The molecule has 0 amide bonds. The Labute approximate surface area is 129 Å².